The molecule has 2 amide bonds. The molecule has 7 nitrogen and oxygen atoms in total. The SMILES string of the molecule is CN(Cc1cscn1)C(=O)c1nn(CC2CC2)c2c1CN(C(=O)C#Cc1ccccc1)CC2. The summed E-state index contributed by atoms with van der Waals surface area (Å²) in [5.74, 6) is 5.97. The van der Waals surface area contributed by atoms with Crippen LogP contribution in [0.2, 0.25) is 0 Å². The zero-order valence-electron chi connectivity index (χ0n) is 18.5. The average Bonchev–Trinajstić information content (AvgIpc) is 3.37. The number of carbonyl (C=O) groups excluding carboxylic acids is 2. The van der Waals surface area contributed by atoms with Crippen molar-refractivity contribution >= 4 is 23.2 Å². The number of fused-ring (bicyclic) bond motifs is 1. The predicted molar refractivity (Wildman–Crippen MR) is 125 cm³/mol. The second-order valence-corrected chi connectivity index (χ2v) is 9.35. The lowest BCUT2D eigenvalue weighted by atomic mass is 10.0. The highest BCUT2D eigenvalue weighted by molar-refractivity contribution is 7.07. The van der Waals surface area contributed by atoms with Gasteiger partial charge in [-0.2, -0.15) is 5.10 Å². The molecule has 0 atom stereocenters. The van der Waals surface area contributed by atoms with Crippen molar-refractivity contribution in [3.63, 3.8) is 0 Å². The lowest BCUT2D eigenvalue weighted by Crippen LogP contribution is -2.36. The van der Waals surface area contributed by atoms with E-state index >= 15 is 0 Å². The van der Waals surface area contributed by atoms with Crippen LogP contribution in [0, 0.1) is 17.8 Å². The molecular weight excluding hydrogens is 434 g/mol. The first-order chi connectivity index (χ1) is 16.1. The molecule has 1 aliphatic carbocycles. The molecule has 1 aliphatic heterocycles. The number of benzene rings is 1. The predicted octanol–water partition coefficient (Wildman–Crippen LogP) is 2.96. The monoisotopic (exact) mass is 459 g/mol. The van der Waals surface area contributed by atoms with Gasteiger partial charge in [-0.1, -0.05) is 24.1 Å². The Labute approximate surface area is 197 Å². The van der Waals surface area contributed by atoms with E-state index in [9.17, 15) is 9.59 Å². The van der Waals surface area contributed by atoms with Crippen LogP contribution < -0.4 is 0 Å². The summed E-state index contributed by atoms with van der Waals surface area (Å²) < 4.78 is 2.01. The summed E-state index contributed by atoms with van der Waals surface area (Å²) >= 11 is 1.51. The first-order valence-corrected chi connectivity index (χ1v) is 12.1. The second-order valence-electron chi connectivity index (χ2n) is 8.63. The van der Waals surface area contributed by atoms with Crippen LogP contribution in [0.4, 0.5) is 0 Å². The Morgan fingerprint density at radius 3 is 2.79 bits per heavy atom. The number of nitrogens with zero attached hydrogens (tertiary/aromatic N) is 5. The van der Waals surface area contributed by atoms with Crippen molar-refractivity contribution in [2.45, 2.75) is 38.9 Å². The molecule has 168 valence electrons. The van der Waals surface area contributed by atoms with E-state index in [-0.39, 0.29) is 11.8 Å². The fourth-order valence-electron chi connectivity index (χ4n) is 4.07. The van der Waals surface area contributed by atoms with E-state index in [0.29, 0.717) is 37.7 Å². The van der Waals surface area contributed by atoms with Gasteiger partial charge in [0.15, 0.2) is 5.69 Å². The van der Waals surface area contributed by atoms with Crippen molar-refractivity contribution in [2.75, 3.05) is 13.6 Å². The van der Waals surface area contributed by atoms with Gasteiger partial charge in [0.2, 0.25) is 0 Å². The van der Waals surface area contributed by atoms with E-state index in [1.165, 1.54) is 24.2 Å². The van der Waals surface area contributed by atoms with Crippen molar-refractivity contribution < 1.29 is 9.59 Å². The standard InChI is InChI=1S/C25H25N5O2S/c1-28(14-20-16-33-17-26-20)25(32)24-21-15-29(23(31)10-9-18-5-3-2-4-6-18)12-11-22(21)30(27-24)13-19-7-8-19/h2-6,16-17,19H,7-8,11-15H2,1H3. The fourth-order valence-corrected chi connectivity index (χ4v) is 4.62. The Morgan fingerprint density at radius 1 is 1.24 bits per heavy atom. The number of rotatable bonds is 5. The molecule has 1 fully saturated rings. The third-order valence-electron chi connectivity index (χ3n) is 6.07. The normalized spacial score (nSPS) is 14.9. The maximum Gasteiger partial charge on any atom is 0.299 e. The van der Waals surface area contributed by atoms with Gasteiger partial charge < -0.3 is 9.80 Å². The molecule has 1 saturated carbocycles. The van der Waals surface area contributed by atoms with E-state index in [0.717, 1.165) is 29.1 Å². The maximum atomic E-state index is 13.3. The van der Waals surface area contributed by atoms with Gasteiger partial charge in [-0.3, -0.25) is 14.3 Å². The van der Waals surface area contributed by atoms with Crippen LogP contribution in [0.25, 0.3) is 0 Å². The van der Waals surface area contributed by atoms with Crippen molar-refractivity contribution in [3.05, 3.63) is 69.4 Å². The summed E-state index contributed by atoms with van der Waals surface area (Å²) in [6.45, 7) is 2.20. The van der Waals surface area contributed by atoms with E-state index in [4.69, 9.17) is 5.10 Å². The summed E-state index contributed by atoms with van der Waals surface area (Å²) in [4.78, 5) is 33.8. The number of hydrogen-bond acceptors (Lipinski definition) is 5. The number of amides is 2. The van der Waals surface area contributed by atoms with Gasteiger partial charge in [0, 0.05) is 54.7 Å². The number of aromatic nitrogens is 3. The van der Waals surface area contributed by atoms with Crippen molar-refractivity contribution in [2.24, 2.45) is 5.92 Å². The van der Waals surface area contributed by atoms with Gasteiger partial charge in [-0.25, -0.2) is 4.98 Å². The largest absolute Gasteiger partial charge is 0.334 e. The molecule has 0 saturated heterocycles. The van der Waals surface area contributed by atoms with Crippen LogP contribution in [0.1, 0.15) is 45.8 Å². The van der Waals surface area contributed by atoms with Crippen LogP contribution >= 0.6 is 11.3 Å². The number of hydrogen-bond donors (Lipinski definition) is 0. The van der Waals surface area contributed by atoms with Crippen LogP contribution in [0.15, 0.2) is 41.2 Å². The molecule has 33 heavy (non-hydrogen) atoms. The molecule has 3 aromatic rings. The first-order valence-electron chi connectivity index (χ1n) is 11.2. The Hall–Kier alpha value is -3.44. The van der Waals surface area contributed by atoms with Crippen molar-refractivity contribution in [1.82, 2.24) is 24.6 Å². The molecule has 1 aromatic carbocycles. The lowest BCUT2D eigenvalue weighted by molar-refractivity contribution is -0.126. The molecule has 0 N–H and O–H groups in total. The maximum absolute atomic E-state index is 13.3. The van der Waals surface area contributed by atoms with E-state index in [2.05, 4.69) is 16.8 Å². The van der Waals surface area contributed by atoms with Gasteiger partial charge in [0.25, 0.3) is 11.8 Å². The quantitative estimate of drug-likeness (QED) is 0.550. The zero-order valence-corrected chi connectivity index (χ0v) is 19.3. The highest BCUT2D eigenvalue weighted by Crippen LogP contribution is 2.33. The van der Waals surface area contributed by atoms with Gasteiger partial charge >= 0.3 is 0 Å². The summed E-state index contributed by atoms with van der Waals surface area (Å²) in [6, 6.07) is 9.48. The lowest BCUT2D eigenvalue weighted by Gasteiger charge is -2.26. The second kappa shape index (κ2) is 9.20. The van der Waals surface area contributed by atoms with E-state index in [1.54, 1.807) is 22.4 Å². The third kappa shape index (κ3) is 4.83. The van der Waals surface area contributed by atoms with Crippen LogP contribution in [0.5, 0.6) is 0 Å². The molecule has 5 rings (SSSR count). The Kier molecular flexibility index (Phi) is 5.97. The molecule has 8 heteroatoms. The van der Waals surface area contributed by atoms with Crippen LogP contribution in [-0.2, 0) is 30.8 Å². The summed E-state index contributed by atoms with van der Waals surface area (Å²) in [5, 5.41) is 6.68. The van der Waals surface area contributed by atoms with Gasteiger partial charge in [-0.15, -0.1) is 11.3 Å². The minimum Gasteiger partial charge on any atom is -0.334 e. The molecule has 0 radical (unpaired) electrons. The third-order valence-corrected chi connectivity index (χ3v) is 6.70. The highest BCUT2D eigenvalue weighted by atomic mass is 32.1. The smallest absolute Gasteiger partial charge is 0.299 e. The van der Waals surface area contributed by atoms with E-state index in [1.807, 2.05) is 40.4 Å². The van der Waals surface area contributed by atoms with Crippen LogP contribution in [-0.4, -0.2) is 50.0 Å². The minimum absolute atomic E-state index is 0.140. The molecular formula is C25H25N5O2S. The van der Waals surface area contributed by atoms with Crippen molar-refractivity contribution in [3.8, 4) is 11.8 Å². The minimum atomic E-state index is -0.228. The van der Waals surface area contributed by atoms with Gasteiger partial charge in [0.05, 0.1) is 24.3 Å². The Bertz CT molecular complexity index is 1220. The average molecular weight is 460 g/mol. The molecule has 2 aliphatic rings. The zero-order chi connectivity index (χ0) is 22.8. The Morgan fingerprint density at radius 2 is 2.06 bits per heavy atom. The first kappa shape index (κ1) is 21.4. The molecule has 3 heterocycles. The molecule has 0 spiro atoms. The fraction of sp³-hybridized carbons (Fsp3) is 0.360. The van der Waals surface area contributed by atoms with E-state index < -0.39 is 0 Å². The summed E-state index contributed by atoms with van der Waals surface area (Å²) in [5.41, 5.74) is 5.80. The molecule has 0 unspecified atom stereocenters. The molecule has 2 aromatic heterocycles. The number of carbonyl (C=O) groups is 2. The van der Waals surface area contributed by atoms with Gasteiger partial charge in [0.1, 0.15) is 0 Å². The summed E-state index contributed by atoms with van der Waals surface area (Å²) in [6.07, 6.45) is 3.10. The number of thiazole rings is 1. The molecule has 0 bridgehead atoms. The van der Waals surface area contributed by atoms with Crippen molar-refractivity contribution in [1.29, 1.82) is 0 Å². The Balaban J connectivity index is 1.38. The summed E-state index contributed by atoms with van der Waals surface area (Å²) in [7, 11) is 1.77. The highest BCUT2D eigenvalue weighted by Gasteiger charge is 2.33. The van der Waals surface area contributed by atoms with Crippen LogP contribution in [0.3, 0.4) is 0 Å². The topological polar surface area (TPSA) is 71.3 Å². The van der Waals surface area contributed by atoms with Gasteiger partial charge in [-0.05, 0) is 30.9 Å².